The predicted molar refractivity (Wildman–Crippen MR) is 82.4 cm³/mol. The maximum atomic E-state index is 12.1. The van der Waals surface area contributed by atoms with Crippen molar-refractivity contribution in [3.8, 4) is 5.75 Å². The molecule has 4 nitrogen and oxygen atoms in total. The van der Waals surface area contributed by atoms with Crippen molar-refractivity contribution in [1.82, 2.24) is 0 Å². The summed E-state index contributed by atoms with van der Waals surface area (Å²) in [5, 5.41) is 0. The van der Waals surface area contributed by atoms with E-state index in [0.717, 1.165) is 16.7 Å². The third-order valence-corrected chi connectivity index (χ3v) is 3.46. The quantitative estimate of drug-likeness (QED) is 0.692. The van der Waals surface area contributed by atoms with E-state index in [1.807, 2.05) is 32.0 Å². The number of aryl methyl sites for hydroxylation is 2. The number of hydrogen-bond acceptors (Lipinski definition) is 4. The van der Waals surface area contributed by atoms with Gasteiger partial charge in [-0.1, -0.05) is 18.2 Å². The van der Waals surface area contributed by atoms with Crippen LogP contribution in [0.3, 0.4) is 0 Å². The number of hydrogen-bond donors (Lipinski definition) is 1. The summed E-state index contributed by atoms with van der Waals surface area (Å²) in [4.78, 5) is 12.1. The van der Waals surface area contributed by atoms with Crippen molar-refractivity contribution >= 4 is 11.7 Å². The van der Waals surface area contributed by atoms with Crippen LogP contribution in [0.4, 0.5) is 5.69 Å². The highest BCUT2D eigenvalue weighted by Crippen LogP contribution is 2.23. The summed E-state index contributed by atoms with van der Waals surface area (Å²) >= 11 is 0. The fourth-order valence-electron chi connectivity index (χ4n) is 2.14. The van der Waals surface area contributed by atoms with Gasteiger partial charge in [-0.2, -0.15) is 0 Å². The van der Waals surface area contributed by atoms with Crippen LogP contribution >= 0.6 is 0 Å². The molecule has 2 aromatic rings. The zero-order chi connectivity index (χ0) is 15.4. The van der Waals surface area contributed by atoms with Crippen molar-refractivity contribution < 1.29 is 14.3 Å². The molecule has 0 radical (unpaired) electrons. The minimum atomic E-state index is -0.393. The van der Waals surface area contributed by atoms with E-state index in [1.54, 1.807) is 18.2 Å². The van der Waals surface area contributed by atoms with Gasteiger partial charge in [-0.3, -0.25) is 0 Å². The first-order valence-electron chi connectivity index (χ1n) is 6.68. The molecule has 4 heteroatoms. The Morgan fingerprint density at radius 3 is 2.43 bits per heavy atom. The Bertz CT molecular complexity index is 645. The fraction of sp³-hybridized carbons (Fsp3) is 0.235. The Balaban J connectivity index is 2.12. The lowest BCUT2D eigenvalue weighted by atomic mass is 10.0. The highest BCUT2D eigenvalue weighted by molar-refractivity contribution is 5.90. The molecule has 0 aliphatic heterocycles. The van der Waals surface area contributed by atoms with Gasteiger partial charge >= 0.3 is 5.97 Å². The van der Waals surface area contributed by atoms with E-state index in [9.17, 15) is 4.79 Å². The van der Waals surface area contributed by atoms with Crippen molar-refractivity contribution in [2.75, 3.05) is 12.8 Å². The second kappa shape index (κ2) is 6.31. The Hall–Kier alpha value is -2.49. The lowest BCUT2D eigenvalue weighted by Crippen LogP contribution is -2.07. The Morgan fingerprint density at radius 2 is 1.81 bits per heavy atom. The standard InChI is InChI=1S/C17H19NO3/c1-11-5-4-6-12(2)14(11)10-21-17(19)13-7-8-15(18)16(9-13)20-3/h4-9H,10,18H2,1-3H3. The van der Waals surface area contributed by atoms with Crippen LogP contribution in [-0.4, -0.2) is 13.1 Å². The molecule has 0 heterocycles. The van der Waals surface area contributed by atoms with Crippen LogP contribution in [0.25, 0.3) is 0 Å². The summed E-state index contributed by atoms with van der Waals surface area (Å²) in [6.45, 7) is 4.26. The lowest BCUT2D eigenvalue weighted by Gasteiger charge is -2.11. The smallest absolute Gasteiger partial charge is 0.338 e. The molecule has 0 aliphatic carbocycles. The molecule has 2 rings (SSSR count). The number of ether oxygens (including phenoxy) is 2. The second-order valence-electron chi connectivity index (χ2n) is 4.90. The zero-order valence-electron chi connectivity index (χ0n) is 12.5. The van der Waals surface area contributed by atoms with Crippen LogP contribution in [0.2, 0.25) is 0 Å². The number of rotatable bonds is 4. The Labute approximate surface area is 124 Å². The van der Waals surface area contributed by atoms with Crippen LogP contribution in [0.1, 0.15) is 27.0 Å². The van der Waals surface area contributed by atoms with Gasteiger partial charge in [0.2, 0.25) is 0 Å². The van der Waals surface area contributed by atoms with Gasteiger partial charge in [0.25, 0.3) is 0 Å². The maximum Gasteiger partial charge on any atom is 0.338 e. The number of carbonyl (C=O) groups is 1. The number of nitrogen functional groups attached to an aromatic ring is 1. The third kappa shape index (κ3) is 3.34. The molecule has 0 spiro atoms. The molecule has 0 unspecified atom stereocenters. The normalized spacial score (nSPS) is 10.2. The lowest BCUT2D eigenvalue weighted by molar-refractivity contribution is 0.0471. The van der Waals surface area contributed by atoms with Crippen molar-refractivity contribution in [1.29, 1.82) is 0 Å². The first-order valence-corrected chi connectivity index (χ1v) is 6.68. The molecule has 2 N–H and O–H groups in total. The molecular formula is C17H19NO3. The molecule has 21 heavy (non-hydrogen) atoms. The summed E-state index contributed by atoms with van der Waals surface area (Å²) in [6.07, 6.45) is 0. The first kappa shape index (κ1) is 14.9. The fourth-order valence-corrected chi connectivity index (χ4v) is 2.14. The molecule has 0 saturated carbocycles. The van der Waals surface area contributed by atoms with Crippen LogP contribution in [0.5, 0.6) is 5.75 Å². The van der Waals surface area contributed by atoms with E-state index >= 15 is 0 Å². The van der Waals surface area contributed by atoms with E-state index in [1.165, 1.54) is 7.11 Å². The molecule has 2 aromatic carbocycles. The van der Waals surface area contributed by atoms with Crippen LogP contribution in [-0.2, 0) is 11.3 Å². The number of anilines is 1. The van der Waals surface area contributed by atoms with E-state index in [4.69, 9.17) is 15.2 Å². The Kier molecular flexibility index (Phi) is 4.48. The van der Waals surface area contributed by atoms with Gasteiger partial charge in [-0.25, -0.2) is 4.79 Å². The number of esters is 1. The number of nitrogens with two attached hydrogens (primary N) is 1. The number of carbonyl (C=O) groups excluding carboxylic acids is 1. The molecule has 0 atom stereocenters. The first-order chi connectivity index (χ1) is 10.0. The minimum absolute atomic E-state index is 0.254. The SMILES string of the molecule is COc1cc(C(=O)OCc2c(C)cccc2C)ccc1N. The van der Waals surface area contributed by atoms with Gasteiger partial charge in [0.05, 0.1) is 18.4 Å². The van der Waals surface area contributed by atoms with E-state index in [2.05, 4.69) is 0 Å². The molecular weight excluding hydrogens is 266 g/mol. The van der Waals surface area contributed by atoms with Crippen molar-refractivity contribution in [2.24, 2.45) is 0 Å². The summed E-state index contributed by atoms with van der Waals surface area (Å²) < 4.78 is 10.5. The molecule has 0 aliphatic rings. The van der Waals surface area contributed by atoms with E-state index in [-0.39, 0.29) is 6.61 Å². The monoisotopic (exact) mass is 285 g/mol. The van der Waals surface area contributed by atoms with Gasteiger partial charge < -0.3 is 15.2 Å². The van der Waals surface area contributed by atoms with E-state index in [0.29, 0.717) is 17.0 Å². The highest BCUT2D eigenvalue weighted by atomic mass is 16.5. The van der Waals surface area contributed by atoms with Crippen molar-refractivity contribution in [2.45, 2.75) is 20.5 Å². The second-order valence-corrected chi connectivity index (χ2v) is 4.90. The minimum Gasteiger partial charge on any atom is -0.495 e. The van der Waals surface area contributed by atoms with Crippen LogP contribution in [0.15, 0.2) is 36.4 Å². The molecule has 0 aromatic heterocycles. The number of methoxy groups -OCH3 is 1. The summed E-state index contributed by atoms with van der Waals surface area (Å²) in [5.74, 6) is 0.0764. The van der Waals surface area contributed by atoms with Gasteiger partial charge in [0, 0.05) is 0 Å². The van der Waals surface area contributed by atoms with Crippen molar-refractivity contribution in [3.63, 3.8) is 0 Å². The highest BCUT2D eigenvalue weighted by Gasteiger charge is 2.12. The molecule has 0 fully saturated rings. The maximum absolute atomic E-state index is 12.1. The van der Waals surface area contributed by atoms with Crippen LogP contribution < -0.4 is 10.5 Å². The predicted octanol–water partition coefficient (Wildman–Crippen LogP) is 3.25. The number of benzene rings is 2. The summed E-state index contributed by atoms with van der Waals surface area (Å²) in [6, 6.07) is 10.8. The van der Waals surface area contributed by atoms with Gasteiger partial charge in [-0.05, 0) is 48.7 Å². The van der Waals surface area contributed by atoms with Gasteiger partial charge in [-0.15, -0.1) is 0 Å². The third-order valence-electron chi connectivity index (χ3n) is 3.46. The van der Waals surface area contributed by atoms with Crippen LogP contribution in [0, 0.1) is 13.8 Å². The summed E-state index contributed by atoms with van der Waals surface area (Å²) in [5.41, 5.74) is 9.89. The topological polar surface area (TPSA) is 61.5 Å². The van der Waals surface area contributed by atoms with E-state index < -0.39 is 5.97 Å². The average Bonchev–Trinajstić information content (AvgIpc) is 2.47. The van der Waals surface area contributed by atoms with Crippen molar-refractivity contribution in [3.05, 3.63) is 58.7 Å². The summed E-state index contributed by atoms with van der Waals surface area (Å²) in [7, 11) is 1.51. The average molecular weight is 285 g/mol. The zero-order valence-corrected chi connectivity index (χ0v) is 12.5. The largest absolute Gasteiger partial charge is 0.495 e. The molecule has 0 bridgehead atoms. The molecule has 0 saturated heterocycles. The van der Waals surface area contributed by atoms with Gasteiger partial charge in [0.15, 0.2) is 0 Å². The van der Waals surface area contributed by atoms with Gasteiger partial charge in [0.1, 0.15) is 12.4 Å². The molecule has 0 amide bonds. The molecule has 110 valence electrons. The Morgan fingerprint density at radius 1 is 1.14 bits per heavy atom.